The Kier molecular flexibility index (Phi) is 5.60. The molecular formula is C19H15F3N2O. The molecule has 0 bridgehead atoms. The summed E-state index contributed by atoms with van der Waals surface area (Å²) < 4.78 is 37.6. The number of carbonyl (C=O) groups excluding carboxylic acids is 1. The topological polar surface area (TPSA) is 52.9 Å². The molecule has 128 valence electrons. The highest BCUT2D eigenvalue weighted by molar-refractivity contribution is 6.09. The maximum absolute atomic E-state index is 12.5. The number of aryl methyl sites for hydroxylation is 1. The van der Waals surface area contributed by atoms with E-state index in [-0.39, 0.29) is 5.57 Å². The highest BCUT2D eigenvalue weighted by Gasteiger charge is 2.29. The molecule has 0 saturated carbocycles. The molecule has 0 aromatic heterocycles. The Morgan fingerprint density at radius 2 is 1.72 bits per heavy atom. The Morgan fingerprint density at radius 3 is 2.20 bits per heavy atom. The molecule has 3 nitrogen and oxygen atoms in total. The first-order valence-corrected chi connectivity index (χ1v) is 7.53. The number of carbonyl (C=O) groups is 1. The molecule has 0 saturated heterocycles. The highest BCUT2D eigenvalue weighted by atomic mass is 19.4. The van der Waals surface area contributed by atoms with Crippen LogP contribution in [0.5, 0.6) is 0 Å². The molecular weight excluding hydrogens is 329 g/mol. The average molecular weight is 344 g/mol. The van der Waals surface area contributed by atoms with Gasteiger partial charge >= 0.3 is 6.18 Å². The molecule has 0 spiro atoms. The third-order valence-corrected chi connectivity index (χ3v) is 3.53. The zero-order valence-corrected chi connectivity index (χ0v) is 13.4. The normalized spacial score (nSPS) is 11.7. The highest BCUT2D eigenvalue weighted by Crippen LogP contribution is 2.29. The van der Waals surface area contributed by atoms with Crippen molar-refractivity contribution in [1.82, 2.24) is 0 Å². The number of anilines is 1. The van der Waals surface area contributed by atoms with Crippen LogP contribution in [0, 0.1) is 11.3 Å². The summed E-state index contributed by atoms with van der Waals surface area (Å²) in [6.07, 6.45) is -2.32. The first-order valence-electron chi connectivity index (χ1n) is 7.53. The van der Waals surface area contributed by atoms with E-state index in [1.807, 2.05) is 19.1 Å². The molecule has 0 aliphatic rings. The molecule has 0 aliphatic heterocycles. The smallest absolute Gasteiger partial charge is 0.321 e. The zero-order chi connectivity index (χ0) is 18.4. The molecule has 0 heterocycles. The summed E-state index contributed by atoms with van der Waals surface area (Å²) in [5, 5.41) is 11.7. The van der Waals surface area contributed by atoms with Gasteiger partial charge in [0, 0.05) is 5.69 Å². The lowest BCUT2D eigenvalue weighted by molar-refractivity contribution is -0.137. The van der Waals surface area contributed by atoms with Gasteiger partial charge < -0.3 is 5.32 Å². The molecule has 0 aliphatic carbocycles. The first kappa shape index (κ1) is 18.3. The fraction of sp³-hybridized carbons (Fsp3) is 0.158. The van der Waals surface area contributed by atoms with Crippen LogP contribution in [-0.2, 0) is 17.4 Å². The Labute approximate surface area is 143 Å². The summed E-state index contributed by atoms with van der Waals surface area (Å²) in [7, 11) is 0. The molecule has 1 amide bonds. The minimum Gasteiger partial charge on any atom is -0.321 e. The number of alkyl halides is 3. The summed E-state index contributed by atoms with van der Waals surface area (Å²) in [6.45, 7) is 2.01. The van der Waals surface area contributed by atoms with E-state index < -0.39 is 17.6 Å². The number of halogens is 3. The van der Waals surface area contributed by atoms with Crippen LogP contribution < -0.4 is 5.32 Å². The quantitative estimate of drug-likeness (QED) is 0.639. The number of amides is 1. The summed E-state index contributed by atoms with van der Waals surface area (Å²) in [5.41, 5.74) is 0.999. The van der Waals surface area contributed by atoms with Crippen LogP contribution in [0.4, 0.5) is 18.9 Å². The second kappa shape index (κ2) is 7.67. The average Bonchev–Trinajstić information content (AvgIpc) is 2.60. The van der Waals surface area contributed by atoms with Gasteiger partial charge in [0.1, 0.15) is 11.6 Å². The van der Waals surface area contributed by atoms with Gasteiger partial charge in [0.25, 0.3) is 5.91 Å². The Bertz CT molecular complexity index is 814. The van der Waals surface area contributed by atoms with Gasteiger partial charge in [-0.1, -0.05) is 31.2 Å². The van der Waals surface area contributed by atoms with Crippen molar-refractivity contribution in [1.29, 1.82) is 5.26 Å². The summed E-state index contributed by atoms with van der Waals surface area (Å²) >= 11 is 0. The van der Waals surface area contributed by atoms with Crippen molar-refractivity contribution >= 4 is 17.7 Å². The lowest BCUT2D eigenvalue weighted by atomic mass is 10.1. The monoisotopic (exact) mass is 344 g/mol. The predicted molar refractivity (Wildman–Crippen MR) is 89.5 cm³/mol. The van der Waals surface area contributed by atoms with Crippen LogP contribution in [0.1, 0.15) is 23.6 Å². The molecule has 6 heteroatoms. The number of hydrogen-bond acceptors (Lipinski definition) is 2. The van der Waals surface area contributed by atoms with Crippen LogP contribution in [0.15, 0.2) is 54.1 Å². The van der Waals surface area contributed by atoms with Gasteiger partial charge in [-0.3, -0.25) is 4.79 Å². The lowest BCUT2D eigenvalue weighted by Gasteiger charge is -2.07. The van der Waals surface area contributed by atoms with E-state index in [0.29, 0.717) is 11.3 Å². The van der Waals surface area contributed by atoms with Crippen molar-refractivity contribution in [3.8, 4) is 6.07 Å². The van der Waals surface area contributed by atoms with Gasteiger partial charge in [-0.05, 0) is 47.9 Å². The van der Waals surface area contributed by atoms with Crippen LogP contribution in [-0.4, -0.2) is 5.91 Å². The van der Waals surface area contributed by atoms with Crippen LogP contribution >= 0.6 is 0 Å². The number of hydrogen-bond donors (Lipinski definition) is 1. The van der Waals surface area contributed by atoms with Crippen molar-refractivity contribution < 1.29 is 18.0 Å². The predicted octanol–water partition coefficient (Wildman–Crippen LogP) is 4.81. The molecule has 0 fully saturated rings. The summed E-state index contributed by atoms with van der Waals surface area (Å²) in [5.74, 6) is -0.619. The zero-order valence-electron chi connectivity index (χ0n) is 13.4. The van der Waals surface area contributed by atoms with E-state index in [4.69, 9.17) is 5.26 Å². The first-order chi connectivity index (χ1) is 11.8. The SMILES string of the molecule is CCc1ccc(NC(=O)/C(C#N)=C/c2ccc(C(F)(F)F)cc2)cc1. The molecule has 2 aromatic carbocycles. The molecule has 0 radical (unpaired) electrons. The molecule has 1 N–H and O–H groups in total. The second-order valence-electron chi connectivity index (χ2n) is 5.29. The maximum atomic E-state index is 12.5. The number of nitriles is 1. The van der Waals surface area contributed by atoms with E-state index in [1.54, 1.807) is 18.2 Å². The molecule has 2 aromatic rings. The lowest BCUT2D eigenvalue weighted by Crippen LogP contribution is -2.13. The fourth-order valence-electron chi connectivity index (χ4n) is 2.11. The summed E-state index contributed by atoms with van der Waals surface area (Å²) in [4.78, 5) is 12.1. The van der Waals surface area contributed by atoms with Crippen LogP contribution in [0.2, 0.25) is 0 Å². The number of nitrogens with zero attached hydrogens (tertiary/aromatic N) is 1. The number of benzene rings is 2. The Morgan fingerprint density at radius 1 is 1.12 bits per heavy atom. The van der Waals surface area contributed by atoms with Crippen molar-refractivity contribution in [2.24, 2.45) is 0 Å². The number of nitrogens with one attached hydrogen (secondary N) is 1. The van der Waals surface area contributed by atoms with E-state index in [1.165, 1.54) is 18.2 Å². The van der Waals surface area contributed by atoms with Gasteiger partial charge in [-0.25, -0.2) is 0 Å². The van der Waals surface area contributed by atoms with Gasteiger partial charge in [-0.2, -0.15) is 18.4 Å². The molecule has 0 unspecified atom stereocenters. The van der Waals surface area contributed by atoms with Crippen molar-refractivity contribution in [3.05, 3.63) is 70.8 Å². The fourth-order valence-corrected chi connectivity index (χ4v) is 2.11. The van der Waals surface area contributed by atoms with Crippen LogP contribution in [0.3, 0.4) is 0 Å². The van der Waals surface area contributed by atoms with E-state index in [2.05, 4.69) is 5.32 Å². The third kappa shape index (κ3) is 4.95. The van der Waals surface area contributed by atoms with Gasteiger partial charge in [-0.15, -0.1) is 0 Å². The van der Waals surface area contributed by atoms with E-state index in [9.17, 15) is 18.0 Å². The van der Waals surface area contributed by atoms with Crippen molar-refractivity contribution in [2.45, 2.75) is 19.5 Å². The molecule has 25 heavy (non-hydrogen) atoms. The minimum atomic E-state index is -4.43. The maximum Gasteiger partial charge on any atom is 0.416 e. The standard InChI is InChI=1S/C19H15F3N2O/c1-2-13-5-9-17(10-6-13)24-18(25)15(12-23)11-14-3-7-16(8-4-14)19(20,21)22/h3-11H,2H2,1H3,(H,24,25)/b15-11+. The minimum absolute atomic E-state index is 0.195. The molecule has 0 atom stereocenters. The van der Waals surface area contributed by atoms with Gasteiger partial charge in [0.15, 0.2) is 0 Å². The second-order valence-corrected chi connectivity index (χ2v) is 5.29. The Balaban J connectivity index is 2.15. The largest absolute Gasteiger partial charge is 0.416 e. The van der Waals surface area contributed by atoms with Crippen molar-refractivity contribution in [2.75, 3.05) is 5.32 Å². The van der Waals surface area contributed by atoms with Gasteiger partial charge in [0.2, 0.25) is 0 Å². The molecule has 2 rings (SSSR count). The van der Waals surface area contributed by atoms with Crippen molar-refractivity contribution in [3.63, 3.8) is 0 Å². The van der Waals surface area contributed by atoms with Crippen LogP contribution in [0.25, 0.3) is 6.08 Å². The third-order valence-electron chi connectivity index (χ3n) is 3.53. The number of rotatable bonds is 4. The van der Waals surface area contributed by atoms with Gasteiger partial charge in [0.05, 0.1) is 5.56 Å². The Hall–Kier alpha value is -3.07. The van der Waals surface area contributed by atoms with E-state index in [0.717, 1.165) is 24.1 Å². The van der Waals surface area contributed by atoms with E-state index >= 15 is 0 Å². The summed E-state index contributed by atoms with van der Waals surface area (Å²) in [6, 6.07) is 13.2.